The van der Waals surface area contributed by atoms with E-state index in [9.17, 15) is 21.6 Å². The summed E-state index contributed by atoms with van der Waals surface area (Å²) < 4.78 is 65.6. The fourth-order valence-corrected chi connectivity index (χ4v) is 4.61. The number of hydrogen-bond acceptors (Lipinski definition) is 6. The van der Waals surface area contributed by atoms with E-state index in [1.54, 1.807) is 37.4 Å². The highest BCUT2D eigenvalue weighted by Crippen LogP contribution is 2.35. The van der Waals surface area contributed by atoms with E-state index in [1.165, 1.54) is 22.8 Å². The average Bonchev–Trinajstić information content (AvgIpc) is 3.16. The molecule has 0 radical (unpaired) electrons. The van der Waals surface area contributed by atoms with Crippen LogP contribution in [-0.2, 0) is 16.0 Å². The number of sulfone groups is 1. The van der Waals surface area contributed by atoms with Gasteiger partial charge in [-0.05, 0) is 36.8 Å². The van der Waals surface area contributed by atoms with Crippen LogP contribution >= 0.6 is 0 Å². The number of aromatic nitrogens is 4. The minimum Gasteiger partial charge on any atom is -0.383 e. The number of alkyl halides is 3. The van der Waals surface area contributed by atoms with Crippen LogP contribution in [0.4, 0.5) is 19.0 Å². The van der Waals surface area contributed by atoms with Gasteiger partial charge in [-0.3, -0.25) is 0 Å². The summed E-state index contributed by atoms with van der Waals surface area (Å²) in [5.74, 6) is -0.550. The molecule has 2 N–H and O–H groups in total. The van der Waals surface area contributed by atoms with Gasteiger partial charge < -0.3 is 5.73 Å². The van der Waals surface area contributed by atoms with Crippen molar-refractivity contribution >= 4 is 21.3 Å². The SMILES string of the molecule is CCCS(=O)(=O)c1ccc(-c2cnc3ccc(-c4cnc(N)c(C(F)(F)F)c4)nn23)cc1. The number of benzene rings is 1. The van der Waals surface area contributed by atoms with Crippen molar-refractivity contribution in [2.24, 2.45) is 0 Å². The molecule has 0 aliphatic rings. The number of pyridine rings is 1. The highest BCUT2D eigenvalue weighted by molar-refractivity contribution is 7.91. The Labute approximate surface area is 181 Å². The molecule has 32 heavy (non-hydrogen) atoms. The normalized spacial score (nSPS) is 12.4. The van der Waals surface area contributed by atoms with Crippen LogP contribution in [0.25, 0.3) is 28.2 Å². The Bertz CT molecular complexity index is 1400. The average molecular weight is 461 g/mol. The molecule has 0 aliphatic carbocycles. The van der Waals surface area contributed by atoms with E-state index in [0.717, 1.165) is 6.07 Å². The second-order valence-electron chi connectivity index (χ2n) is 7.13. The van der Waals surface area contributed by atoms with Gasteiger partial charge in [-0.25, -0.2) is 22.9 Å². The molecule has 3 heterocycles. The molecule has 166 valence electrons. The fourth-order valence-electron chi connectivity index (χ4n) is 3.29. The van der Waals surface area contributed by atoms with E-state index >= 15 is 0 Å². The van der Waals surface area contributed by atoms with Crippen LogP contribution in [0.15, 0.2) is 59.8 Å². The van der Waals surface area contributed by atoms with Gasteiger partial charge in [0.25, 0.3) is 0 Å². The van der Waals surface area contributed by atoms with E-state index in [2.05, 4.69) is 15.1 Å². The second kappa shape index (κ2) is 7.90. The predicted molar refractivity (Wildman–Crippen MR) is 113 cm³/mol. The number of nitrogens with zero attached hydrogens (tertiary/aromatic N) is 4. The van der Waals surface area contributed by atoms with Crippen molar-refractivity contribution in [3.63, 3.8) is 0 Å². The minimum atomic E-state index is -4.64. The maximum absolute atomic E-state index is 13.2. The fraction of sp³-hybridized carbons (Fsp3) is 0.190. The van der Waals surface area contributed by atoms with Crippen LogP contribution < -0.4 is 5.73 Å². The number of nitrogens with two attached hydrogens (primary N) is 1. The zero-order valence-corrected chi connectivity index (χ0v) is 17.7. The molecule has 0 bridgehead atoms. The van der Waals surface area contributed by atoms with Gasteiger partial charge in [0.1, 0.15) is 5.82 Å². The second-order valence-corrected chi connectivity index (χ2v) is 9.24. The lowest BCUT2D eigenvalue weighted by molar-refractivity contribution is -0.137. The van der Waals surface area contributed by atoms with Crippen molar-refractivity contribution in [1.82, 2.24) is 19.6 Å². The number of fused-ring (bicyclic) bond motifs is 1. The molecular formula is C21H18F3N5O2S. The first kappa shape index (κ1) is 21.8. The third kappa shape index (κ3) is 4.03. The smallest absolute Gasteiger partial charge is 0.383 e. The lowest BCUT2D eigenvalue weighted by Gasteiger charge is -2.11. The summed E-state index contributed by atoms with van der Waals surface area (Å²) in [6, 6.07) is 10.4. The Morgan fingerprint density at radius 3 is 2.38 bits per heavy atom. The molecule has 11 heteroatoms. The first-order valence-corrected chi connectivity index (χ1v) is 11.3. The molecule has 0 amide bonds. The highest BCUT2D eigenvalue weighted by atomic mass is 32.2. The van der Waals surface area contributed by atoms with Crippen molar-refractivity contribution in [3.8, 4) is 22.5 Å². The predicted octanol–water partition coefficient (Wildman–Crippen LogP) is 4.24. The first-order valence-electron chi connectivity index (χ1n) is 9.61. The zero-order chi connectivity index (χ0) is 23.1. The van der Waals surface area contributed by atoms with Crippen molar-refractivity contribution in [2.45, 2.75) is 24.4 Å². The third-order valence-corrected chi connectivity index (χ3v) is 6.80. The minimum absolute atomic E-state index is 0.0580. The largest absolute Gasteiger partial charge is 0.419 e. The Balaban J connectivity index is 1.76. The van der Waals surface area contributed by atoms with Gasteiger partial charge in [0.15, 0.2) is 15.5 Å². The zero-order valence-electron chi connectivity index (χ0n) is 16.8. The third-order valence-electron chi connectivity index (χ3n) is 4.86. The molecule has 0 spiro atoms. The van der Waals surface area contributed by atoms with E-state index in [0.29, 0.717) is 23.3 Å². The molecule has 7 nitrogen and oxygen atoms in total. The molecular weight excluding hydrogens is 443 g/mol. The number of imidazole rings is 1. The van der Waals surface area contributed by atoms with E-state index in [4.69, 9.17) is 5.73 Å². The number of rotatable bonds is 5. The van der Waals surface area contributed by atoms with Gasteiger partial charge in [0.05, 0.1) is 33.8 Å². The first-order chi connectivity index (χ1) is 15.1. The van der Waals surface area contributed by atoms with Crippen molar-refractivity contribution in [3.05, 3.63) is 60.4 Å². The Kier molecular flexibility index (Phi) is 5.37. The summed E-state index contributed by atoms with van der Waals surface area (Å²) in [6.07, 6.45) is -1.34. The van der Waals surface area contributed by atoms with Crippen LogP contribution in [0.1, 0.15) is 18.9 Å². The number of halogens is 3. The molecule has 0 aliphatic heterocycles. The maximum Gasteiger partial charge on any atom is 0.419 e. The summed E-state index contributed by atoms with van der Waals surface area (Å²) in [7, 11) is -3.35. The number of nitrogen functional groups attached to an aromatic ring is 1. The lowest BCUT2D eigenvalue weighted by atomic mass is 10.1. The maximum atomic E-state index is 13.2. The monoisotopic (exact) mass is 461 g/mol. The molecule has 0 fully saturated rings. The standard InChI is InChI=1S/C21H18F3N5O2S/c1-2-9-32(30,31)15-5-3-13(4-6-15)18-12-26-19-8-7-17(28-29(18)19)14-10-16(21(22,23)24)20(25)27-11-14/h3-8,10-12H,2,9H2,1H3,(H2,25,27). The van der Waals surface area contributed by atoms with Crippen LogP contribution in [0.5, 0.6) is 0 Å². The lowest BCUT2D eigenvalue weighted by Crippen LogP contribution is -2.10. The molecule has 0 atom stereocenters. The summed E-state index contributed by atoms with van der Waals surface area (Å²) in [5.41, 5.74) is 6.43. The van der Waals surface area contributed by atoms with Crippen molar-refractivity contribution in [2.75, 3.05) is 11.5 Å². The molecule has 3 aromatic heterocycles. The van der Waals surface area contributed by atoms with Crippen LogP contribution in [0, 0.1) is 0 Å². The summed E-state index contributed by atoms with van der Waals surface area (Å²) in [6.45, 7) is 1.79. The van der Waals surface area contributed by atoms with E-state index in [-0.39, 0.29) is 21.9 Å². The van der Waals surface area contributed by atoms with Gasteiger partial charge in [-0.15, -0.1) is 0 Å². The van der Waals surface area contributed by atoms with Gasteiger partial charge >= 0.3 is 6.18 Å². The Hall–Kier alpha value is -3.47. The van der Waals surface area contributed by atoms with E-state index < -0.39 is 27.4 Å². The van der Waals surface area contributed by atoms with Crippen molar-refractivity contribution < 1.29 is 21.6 Å². The topological polar surface area (TPSA) is 103 Å². The van der Waals surface area contributed by atoms with E-state index in [1.807, 2.05) is 0 Å². The Morgan fingerprint density at radius 2 is 1.72 bits per heavy atom. The molecule has 0 unspecified atom stereocenters. The van der Waals surface area contributed by atoms with Gasteiger partial charge in [-0.1, -0.05) is 19.1 Å². The van der Waals surface area contributed by atoms with Crippen LogP contribution in [0.3, 0.4) is 0 Å². The number of hydrogen-bond donors (Lipinski definition) is 1. The molecule has 4 aromatic rings. The summed E-state index contributed by atoms with van der Waals surface area (Å²) in [4.78, 5) is 8.14. The van der Waals surface area contributed by atoms with Crippen LogP contribution in [0.2, 0.25) is 0 Å². The molecule has 0 saturated carbocycles. The summed E-state index contributed by atoms with van der Waals surface area (Å²) >= 11 is 0. The molecule has 0 saturated heterocycles. The van der Waals surface area contributed by atoms with Gasteiger partial charge in [-0.2, -0.15) is 18.3 Å². The molecule has 1 aromatic carbocycles. The van der Waals surface area contributed by atoms with Crippen LogP contribution in [-0.4, -0.2) is 33.8 Å². The number of anilines is 1. The molecule has 4 rings (SSSR count). The van der Waals surface area contributed by atoms with Gasteiger partial charge in [0, 0.05) is 17.3 Å². The summed E-state index contributed by atoms with van der Waals surface area (Å²) in [5, 5.41) is 4.42. The quantitative estimate of drug-likeness (QED) is 0.477. The highest BCUT2D eigenvalue weighted by Gasteiger charge is 2.34. The van der Waals surface area contributed by atoms with Gasteiger partial charge in [0.2, 0.25) is 0 Å². The Morgan fingerprint density at radius 1 is 1.00 bits per heavy atom. The van der Waals surface area contributed by atoms with Crippen molar-refractivity contribution in [1.29, 1.82) is 0 Å².